The Morgan fingerprint density at radius 2 is 2.14 bits per heavy atom. The van der Waals surface area contributed by atoms with Crippen molar-refractivity contribution in [3.63, 3.8) is 0 Å². The third kappa shape index (κ3) is 3.59. The van der Waals surface area contributed by atoms with E-state index in [0.717, 1.165) is 36.1 Å². The fraction of sp³-hybridized carbons (Fsp3) is 0.529. The number of anilines is 1. The number of unbranched alkanes of at least 4 members (excludes halogenated alkanes) is 2. The first-order valence-corrected chi connectivity index (χ1v) is 7.94. The Hall–Kier alpha value is -2.04. The largest absolute Gasteiger partial charge is 0.464 e. The molecule has 1 aromatic heterocycles. The van der Waals surface area contributed by atoms with Crippen LogP contribution in [0, 0.1) is 0 Å². The Labute approximate surface area is 131 Å². The molecule has 120 valence electrons. The molecule has 2 rings (SSSR count). The number of rotatable bonds is 7. The molecule has 0 radical (unpaired) electrons. The van der Waals surface area contributed by atoms with Crippen LogP contribution in [0.5, 0.6) is 0 Å². The minimum absolute atomic E-state index is 0.180. The Morgan fingerprint density at radius 1 is 1.36 bits per heavy atom. The summed E-state index contributed by atoms with van der Waals surface area (Å²) in [5, 5.41) is 0. The van der Waals surface area contributed by atoms with E-state index in [1.54, 1.807) is 0 Å². The molecule has 0 spiro atoms. The standard InChI is InChI=1S/C17H25N3O2/c1-4-5-6-10-22-15(21)11-20-14-9-7-8-13(18)16(14)19-17(20)12(2)3/h7-9,12H,4-6,10-11,18H2,1-3H3. The molecule has 0 fully saturated rings. The molecule has 0 amide bonds. The Bertz CT molecular complexity index is 647. The van der Waals surface area contributed by atoms with E-state index >= 15 is 0 Å². The van der Waals surface area contributed by atoms with Crippen molar-refractivity contribution in [3.05, 3.63) is 24.0 Å². The third-order valence-electron chi connectivity index (χ3n) is 3.65. The fourth-order valence-electron chi connectivity index (χ4n) is 2.51. The number of benzene rings is 1. The quantitative estimate of drug-likeness (QED) is 0.483. The van der Waals surface area contributed by atoms with Gasteiger partial charge in [-0.2, -0.15) is 0 Å². The summed E-state index contributed by atoms with van der Waals surface area (Å²) < 4.78 is 7.23. The number of nitrogens with zero attached hydrogens (tertiary/aromatic N) is 2. The van der Waals surface area contributed by atoms with Crippen molar-refractivity contribution in [2.24, 2.45) is 0 Å². The van der Waals surface area contributed by atoms with E-state index in [0.29, 0.717) is 12.3 Å². The van der Waals surface area contributed by atoms with Crippen LogP contribution >= 0.6 is 0 Å². The van der Waals surface area contributed by atoms with Crippen LogP contribution in [0.2, 0.25) is 0 Å². The highest BCUT2D eigenvalue weighted by Crippen LogP contribution is 2.25. The minimum Gasteiger partial charge on any atom is -0.464 e. The van der Waals surface area contributed by atoms with Gasteiger partial charge in [0.25, 0.3) is 0 Å². The van der Waals surface area contributed by atoms with E-state index in [-0.39, 0.29) is 18.4 Å². The maximum atomic E-state index is 12.1. The number of esters is 1. The lowest BCUT2D eigenvalue weighted by Gasteiger charge is -2.11. The van der Waals surface area contributed by atoms with Crippen LogP contribution in [-0.4, -0.2) is 22.1 Å². The fourth-order valence-corrected chi connectivity index (χ4v) is 2.51. The second kappa shape index (κ2) is 7.29. The Kier molecular flexibility index (Phi) is 5.41. The van der Waals surface area contributed by atoms with E-state index in [1.165, 1.54) is 0 Å². The van der Waals surface area contributed by atoms with Crippen molar-refractivity contribution in [2.75, 3.05) is 12.3 Å². The van der Waals surface area contributed by atoms with Gasteiger partial charge in [0, 0.05) is 5.92 Å². The number of hydrogen-bond donors (Lipinski definition) is 1. The van der Waals surface area contributed by atoms with Gasteiger partial charge in [0.2, 0.25) is 0 Å². The van der Waals surface area contributed by atoms with Gasteiger partial charge in [0.15, 0.2) is 0 Å². The van der Waals surface area contributed by atoms with Crippen molar-refractivity contribution >= 4 is 22.7 Å². The summed E-state index contributed by atoms with van der Waals surface area (Å²) in [7, 11) is 0. The van der Waals surface area contributed by atoms with Gasteiger partial charge in [-0.15, -0.1) is 0 Å². The third-order valence-corrected chi connectivity index (χ3v) is 3.65. The lowest BCUT2D eigenvalue weighted by Crippen LogP contribution is -2.16. The summed E-state index contributed by atoms with van der Waals surface area (Å²) in [5.41, 5.74) is 8.26. The first kappa shape index (κ1) is 16.3. The number of nitrogens with two attached hydrogens (primary N) is 1. The van der Waals surface area contributed by atoms with E-state index in [4.69, 9.17) is 10.5 Å². The molecule has 0 aliphatic rings. The molecule has 2 aromatic rings. The lowest BCUT2D eigenvalue weighted by atomic mass is 10.2. The molecule has 5 nitrogen and oxygen atoms in total. The Balaban J connectivity index is 2.20. The SMILES string of the molecule is CCCCCOC(=O)Cn1c(C(C)C)nc2c(N)cccc21. The summed E-state index contributed by atoms with van der Waals surface area (Å²) in [5.74, 6) is 0.845. The molecule has 1 aromatic carbocycles. The predicted octanol–water partition coefficient (Wildman–Crippen LogP) is 3.48. The van der Waals surface area contributed by atoms with Gasteiger partial charge in [-0.05, 0) is 18.6 Å². The number of nitrogen functional groups attached to an aromatic ring is 1. The van der Waals surface area contributed by atoms with Gasteiger partial charge < -0.3 is 15.0 Å². The molecule has 0 aliphatic heterocycles. The van der Waals surface area contributed by atoms with Crippen LogP contribution in [0.1, 0.15) is 51.8 Å². The average Bonchev–Trinajstić information content (AvgIpc) is 2.84. The van der Waals surface area contributed by atoms with Gasteiger partial charge in [-0.25, -0.2) is 4.98 Å². The molecular formula is C17H25N3O2. The average molecular weight is 303 g/mol. The van der Waals surface area contributed by atoms with Crippen LogP contribution in [0.25, 0.3) is 11.0 Å². The summed E-state index contributed by atoms with van der Waals surface area (Å²) in [6.45, 7) is 6.90. The van der Waals surface area contributed by atoms with E-state index < -0.39 is 0 Å². The smallest absolute Gasteiger partial charge is 0.326 e. The number of carbonyl (C=O) groups is 1. The molecule has 5 heteroatoms. The number of carbonyl (C=O) groups excluding carboxylic acids is 1. The highest BCUT2D eigenvalue weighted by atomic mass is 16.5. The first-order valence-electron chi connectivity index (χ1n) is 7.94. The number of imidazole rings is 1. The zero-order chi connectivity index (χ0) is 16.1. The predicted molar refractivity (Wildman–Crippen MR) is 88.7 cm³/mol. The monoisotopic (exact) mass is 303 g/mol. The molecule has 0 unspecified atom stereocenters. The van der Waals surface area contributed by atoms with Crippen LogP contribution in [0.4, 0.5) is 5.69 Å². The van der Waals surface area contributed by atoms with Gasteiger partial charge in [-0.3, -0.25) is 4.79 Å². The number of ether oxygens (including phenoxy) is 1. The van der Waals surface area contributed by atoms with E-state index in [1.807, 2.05) is 22.8 Å². The van der Waals surface area contributed by atoms with Crippen molar-refractivity contribution < 1.29 is 9.53 Å². The maximum Gasteiger partial charge on any atom is 0.326 e. The van der Waals surface area contributed by atoms with Crippen LogP contribution in [0.3, 0.4) is 0 Å². The molecule has 22 heavy (non-hydrogen) atoms. The first-order chi connectivity index (χ1) is 10.5. The van der Waals surface area contributed by atoms with Crippen molar-refractivity contribution in [2.45, 2.75) is 52.5 Å². The molecule has 0 atom stereocenters. The molecule has 1 heterocycles. The summed E-state index contributed by atoms with van der Waals surface area (Å²) in [6.07, 6.45) is 3.10. The summed E-state index contributed by atoms with van der Waals surface area (Å²) in [6, 6.07) is 5.65. The van der Waals surface area contributed by atoms with Gasteiger partial charge in [0.05, 0.1) is 17.8 Å². The lowest BCUT2D eigenvalue weighted by molar-refractivity contribution is -0.144. The van der Waals surface area contributed by atoms with Crippen LogP contribution in [-0.2, 0) is 16.1 Å². The van der Waals surface area contributed by atoms with E-state index in [2.05, 4.69) is 25.8 Å². The minimum atomic E-state index is -0.222. The van der Waals surface area contributed by atoms with Crippen molar-refractivity contribution in [3.8, 4) is 0 Å². The Morgan fingerprint density at radius 3 is 2.82 bits per heavy atom. The van der Waals surface area contributed by atoms with Crippen molar-refractivity contribution in [1.82, 2.24) is 9.55 Å². The molecule has 0 bridgehead atoms. The molecule has 0 saturated carbocycles. The number of hydrogen-bond acceptors (Lipinski definition) is 4. The molecular weight excluding hydrogens is 278 g/mol. The van der Waals surface area contributed by atoms with Crippen molar-refractivity contribution in [1.29, 1.82) is 0 Å². The highest BCUT2D eigenvalue weighted by Gasteiger charge is 2.17. The normalized spacial score (nSPS) is 11.3. The molecule has 0 saturated heterocycles. The molecule has 0 aliphatic carbocycles. The molecule has 2 N–H and O–H groups in total. The maximum absolute atomic E-state index is 12.1. The van der Waals surface area contributed by atoms with Gasteiger partial charge in [0.1, 0.15) is 17.9 Å². The number of aromatic nitrogens is 2. The number of fused-ring (bicyclic) bond motifs is 1. The second-order valence-corrected chi connectivity index (χ2v) is 5.85. The van der Waals surface area contributed by atoms with E-state index in [9.17, 15) is 4.79 Å². The zero-order valence-electron chi connectivity index (χ0n) is 13.6. The van der Waals surface area contributed by atoms with Gasteiger partial charge in [-0.1, -0.05) is 39.7 Å². The highest BCUT2D eigenvalue weighted by molar-refractivity contribution is 5.88. The number of para-hydroxylation sites is 1. The zero-order valence-corrected chi connectivity index (χ0v) is 13.6. The van der Waals surface area contributed by atoms with Gasteiger partial charge >= 0.3 is 5.97 Å². The topological polar surface area (TPSA) is 70.1 Å². The van der Waals surface area contributed by atoms with Crippen LogP contribution < -0.4 is 5.73 Å². The summed E-state index contributed by atoms with van der Waals surface area (Å²) >= 11 is 0. The summed E-state index contributed by atoms with van der Waals surface area (Å²) in [4.78, 5) is 16.7. The van der Waals surface area contributed by atoms with Crippen LogP contribution in [0.15, 0.2) is 18.2 Å². The second-order valence-electron chi connectivity index (χ2n) is 5.85.